The van der Waals surface area contributed by atoms with Gasteiger partial charge in [-0.25, -0.2) is 0 Å². The van der Waals surface area contributed by atoms with Crippen LogP contribution in [0.1, 0.15) is 41.0 Å². The quantitative estimate of drug-likeness (QED) is 0.834. The van der Waals surface area contributed by atoms with Crippen LogP contribution in [0.15, 0.2) is 30.3 Å². The van der Waals surface area contributed by atoms with Crippen molar-refractivity contribution in [3.05, 3.63) is 47.3 Å². The van der Waals surface area contributed by atoms with Crippen LogP contribution in [0.25, 0.3) is 0 Å². The molecule has 0 N–H and O–H groups in total. The minimum Gasteiger partial charge on any atom is -0.344 e. The summed E-state index contributed by atoms with van der Waals surface area (Å²) in [5, 5.41) is 0. The average Bonchev–Trinajstić information content (AvgIpc) is 2.85. The molecule has 1 aromatic heterocycles. The number of hydrogen-bond donors (Lipinski definition) is 0. The Hall–Kier alpha value is -2.40. The van der Waals surface area contributed by atoms with E-state index in [1.807, 2.05) is 48.9 Å². The number of para-hydroxylation sites is 1. The van der Waals surface area contributed by atoms with E-state index in [-0.39, 0.29) is 11.7 Å². The molecule has 1 aromatic carbocycles. The summed E-state index contributed by atoms with van der Waals surface area (Å²) in [6, 6.07) is 9.73. The fourth-order valence-electron chi connectivity index (χ4n) is 4.12. The Morgan fingerprint density at radius 1 is 1.08 bits per heavy atom. The van der Waals surface area contributed by atoms with E-state index < -0.39 is 0 Å². The number of likely N-dealkylation sites (tertiary alicyclic amines) is 1. The number of anilines is 2. The van der Waals surface area contributed by atoms with E-state index in [4.69, 9.17) is 0 Å². The molecule has 136 valence electrons. The Kier molecular flexibility index (Phi) is 4.41. The second-order valence-electron chi connectivity index (χ2n) is 7.37. The first-order chi connectivity index (χ1) is 12.6. The van der Waals surface area contributed by atoms with Gasteiger partial charge >= 0.3 is 0 Å². The molecule has 5 heteroatoms. The molecule has 0 atom stereocenters. The van der Waals surface area contributed by atoms with Gasteiger partial charge in [0.15, 0.2) is 5.78 Å². The van der Waals surface area contributed by atoms with Crippen LogP contribution in [0.3, 0.4) is 0 Å². The highest BCUT2D eigenvalue weighted by molar-refractivity contribution is 6.12. The molecular weight excluding hydrogens is 326 g/mol. The number of fused-ring (bicyclic) bond motifs is 2. The number of hydrogen-bond acceptors (Lipinski definition) is 3. The molecule has 26 heavy (non-hydrogen) atoms. The highest BCUT2D eigenvalue weighted by Gasteiger charge is 2.32. The Balaban J connectivity index is 1.79. The van der Waals surface area contributed by atoms with E-state index in [2.05, 4.69) is 4.90 Å². The van der Waals surface area contributed by atoms with E-state index in [0.29, 0.717) is 18.7 Å². The smallest absolute Gasteiger partial charge is 0.245 e. The summed E-state index contributed by atoms with van der Waals surface area (Å²) in [6.07, 6.45) is 3.87. The van der Waals surface area contributed by atoms with Crippen molar-refractivity contribution >= 4 is 23.1 Å². The van der Waals surface area contributed by atoms with Crippen LogP contribution in [0.2, 0.25) is 0 Å². The van der Waals surface area contributed by atoms with Crippen molar-refractivity contribution in [1.82, 2.24) is 9.47 Å². The van der Waals surface area contributed by atoms with Gasteiger partial charge in [0.25, 0.3) is 0 Å². The lowest BCUT2D eigenvalue weighted by Crippen LogP contribution is -2.40. The number of Topliss-reactive ketones (excluding diaryl/α,β-unsaturated/α-hetero) is 1. The second kappa shape index (κ2) is 6.72. The zero-order valence-corrected chi connectivity index (χ0v) is 15.5. The largest absolute Gasteiger partial charge is 0.344 e. The van der Waals surface area contributed by atoms with Crippen LogP contribution in [-0.2, 0) is 18.3 Å². The van der Waals surface area contributed by atoms with Crippen molar-refractivity contribution in [1.29, 1.82) is 0 Å². The third-order valence-corrected chi connectivity index (χ3v) is 5.60. The van der Waals surface area contributed by atoms with E-state index in [1.165, 1.54) is 6.42 Å². The Labute approximate surface area is 154 Å². The van der Waals surface area contributed by atoms with E-state index in [9.17, 15) is 9.59 Å². The molecule has 0 saturated carbocycles. The number of carbonyl (C=O) groups is 2. The first-order valence-electron chi connectivity index (χ1n) is 9.39. The molecule has 5 nitrogen and oxygen atoms in total. The number of aromatic nitrogens is 1. The molecule has 2 aliphatic heterocycles. The van der Waals surface area contributed by atoms with Crippen LogP contribution >= 0.6 is 0 Å². The van der Waals surface area contributed by atoms with Crippen LogP contribution in [0.5, 0.6) is 0 Å². The third-order valence-electron chi connectivity index (χ3n) is 5.60. The number of piperidine rings is 1. The van der Waals surface area contributed by atoms with Gasteiger partial charge < -0.3 is 4.57 Å². The van der Waals surface area contributed by atoms with Gasteiger partial charge in [-0.2, -0.15) is 0 Å². The van der Waals surface area contributed by atoms with Gasteiger partial charge in [-0.05, 0) is 50.6 Å². The predicted octanol–water partition coefficient (Wildman–Crippen LogP) is 3.22. The summed E-state index contributed by atoms with van der Waals surface area (Å²) >= 11 is 0. The molecule has 2 aromatic rings. The number of carbonyl (C=O) groups excluding carboxylic acids is 2. The molecule has 0 bridgehead atoms. The third kappa shape index (κ3) is 2.86. The average molecular weight is 351 g/mol. The molecule has 0 spiro atoms. The molecule has 3 heterocycles. The summed E-state index contributed by atoms with van der Waals surface area (Å²) < 4.78 is 1.91. The molecule has 2 aliphatic rings. The van der Waals surface area contributed by atoms with Crippen LogP contribution in [0, 0.1) is 6.92 Å². The van der Waals surface area contributed by atoms with Crippen LogP contribution < -0.4 is 4.90 Å². The Bertz CT molecular complexity index is 862. The van der Waals surface area contributed by atoms with Gasteiger partial charge in [0.1, 0.15) is 5.69 Å². The lowest BCUT2D eigenvalue weighted by atomic mass is 10.1. The van der Waals surface area contributed by atoms with Gasteiger partial charge in [-0.1, -0.05) is 24.6 Å². The van der Waals surface area contributed by atoms with Crippen molar-refractivity contribution < 1.29 is 9.59 Å². The summed E-state index contributed by atoms with van der Waals surface area (Å²) in [7, 11) is 1.90. The number of aryl methyl sites for hydroxylation is 1. The normalized spacial score (nSPS) is 17.6. The maximum absolute atomic E-state index is 13.3. The molecule has 4 rings (SSSR count). The fraction of sp³-hybridized carbons (Fsp3) is 0.429. The second-order valence-corrected chi connectivity index (χ2v) is 7.37. The van der Waals surface area contributed by atoms with Gasteiger partial charge in [0.2, 0.25) is 5.91 Å². The lowest BCUT2D eigenvalue weighted by Gasteiger charge is -2.29. The Morgan fingerprint density at radius 2 is 1.81 bits per heavy atom. The number of benzene rings is 1. The molecule has 0 aliphatic carbocycles. The monoisotopic (exact) mass is 351 g/mol. The van der Waals surface area contributed by atoms with Crippen molar-refractivity contribution in [3.8, 4) is 0 Å². The summed E-state index contributed by atoms with van der Waals surface area (Å²) in [4.78, 5) is 30.2. The van der Waals surface area contributed by atoms with Crippen molar-refractivity contribution in [2.75, 3.05) is 24.5 Å². The van der Waals surface area contributed by atoms with Gasteiger partial charge in [-0.15, -0.1) is 0 Å². The van der Waals surface area contributed by atoms with Crippen molar-refractivity contribution in [2.24, 2.45) is 7.05 Å². The maximum atomic E-state index is 13.3. The molecule has 0 radical (unpaired) electrons. The molecule has 1 fully saturated rings. The summed E-state index contributed by atoms with van der Waals surface area (Å²) in [5.41, 5.74) is 4.09. The standard InChI is InChI=1S/C21H25N3O2/c1-15-12-18-21(22(15)2)19(25)13-16-8-4-5-9-17(16)24(18)20(26)14-23-10-6-3-7-11-23/h4-5,8-9,12H,3,6-7,10-11,13-14H2,1-2H3. The fourth-order valence-corrected chi connectivity index (χ4v) is 4.12. The Morgan fingerprint density at radius 3 is 2.58 bits per heavy atom. The SMILES string of the molecule is Cc1cc2c(n1C)C(=O)Cc1ccccc1N2C(=O)CN1CCCCC1. The highest BCUT2D eigenvalue weighted by Crippen LogP contribution is 2.37. The predicted molar refractivity (Wildman–Crippen MR) is 102 cm³/mol. The molecule has 0 unspecified atom stereocenters. The van der Waals surface area contributed by atoms with Crippen LogP contribution in [0.4, 0.5) is 11.4 Å². The van der Waals surface area contributed by atoms with E-state index >= 15 is 0 Å². The topological polar surface area (TPSA) is 45.6 Å². The minimum atomic E-state index is 0.0425. The van der Waals surface area contributed by atoms with Crippen LogP contribution in [-0.4, -0.2) is 40.8 Å². The number of nitrogens with zero attached hydrogens (tertiary/aromatic N) is 3. The lowest BCUT2D eigenvalue weighted by molar-refractivity contribution is -0.119. The summed E-state index contributed by atoms with van der Waals surface area (Å²) in [6.45, 7) is 4.32. The molecule has 1 saturated heterocycles. The van der Waals surface area contributed by atoms with E-state index in [0.717, 1.165) is 48.6 Å². The van der Waals surface area contributed by atoms with E-state index in [1.54, 1.807) is 4.90 Å². The molecular formula is C21H25N3O2. The highest BCUT2D eigenvalue weighted by atomic mass is 16.2. The van der Waals surface area contributed by atoms with Gasteiger partial charge in [0, 0.05) is 19.2 Å². The summed E-state index contributed by atoms with van der Waals surface area (Å²) in [5.74, 6) is 0.109. The zero-order valence-electron chi connectivity index (χ0n) is 15.5. The first-order valence-corrected chi connectivity index (χ1v) is 9.39. The van der Waals surface area contributed by atoms with Gasteiger partial charge in [0.05, 0.1) is 17.9 Å². The number of rotatable bonds is 2. The van der Waals surface area contributed by atoms with Gasteiger partial charge in [-0.3, -0.25) is 19.4 Å². The van der Waals surface area contributed by atoms with Crippen molar-refractivity contribution in [2.45, 2.75) is 32.6 Å². The first kappa shape index (κ1) is 17.0. The number of ketones is 1. The van der Waals surface area contributed by atoms with Crippen molar-refractivity contribution in [3.63, 3.8) is 0 Å². The zero-order chi connectivity index (χ0) is 18.3. The maximum Gasteiger partial charge on any atom is 0.245 e. The number of amides is 1. The molecule has 1 amide bonds. The minimum absolute atomic E-state index is 0.0425.